The number of alkyl halides is 3. The fraction of sp³-hybridized carbons (Fsp3) is 0.111. The second-order valence-electron chi connectivity index (χ2n) is 2.19. The van der Waals surface area contributed by atoms with Crippen LogP contribution >= 0.6 is 11.8 Å². The summed E-state index contributed by atoms with van der Waals surface area (Å²) in [5.41, 5.74) is -4.02. The Bertz CT molecular complexity index is 335. The summed E-state index contributed by atoms with van der Waals surface area (Å²) >= 11 is -0.191. The van der Waals surface area contributed by atoms with Crippen molar-refractivity contribution in [1.29, 1.82) is 0 Å². The predicted octanol–water partition coefficient (Wildman–Crippen LogP) is 3.28. The van der Waals surface area contributed by atoms with Crippen LogP contribution in [0.5, 0.6) is 0 Å². The Balaban J connectivity index is 2.96. The number of terminal acetylenes is 1. The average molecular weight is 202 g/mol. The Hall–Kier alpha value is -1.08. The lowest BCUT2D eigenvalue weighted by molar-refractivity contribution is -0.0328. The Labute approximate surface area is 78.1 Å². The van der Waals surface area contributed by atoms with E-state index in [1.807, 2.05) is 0 Å². The fourth-order valence-corrected chi connectivity index (χ4v) is 1.43. The molecule has 0 bridgehead atoms. The van der Waals surface area contributed by atoms with Gasteiger partial charge in [-0.05, 0) is 23.9 Å². The van der Waals surface area contributed by atoms with Crippen molar-refractivity contribution >= 4 is 11.8 Å². The van der Waals surface area contributed by atoms with Gasteiger partial charge in [0.25, 0.3) is 0 Å². The average Bonchev–Trinajstić information content (AvgIpc) is 2.02. The van der Waals surface area contributed by atoms with E-state index in [4.69, 9.17) is 6.42 Å². The van der Waals surface area contributed by atoms with Crippen LogP contribution in [0, 0.1) is 12.3 Å². The van der Waals surface area contributed by atoms with Crippen molar-refractivity contribution in [3.8, 4) is 12.3 Å². The first-order valence-corrected chi connectivity index (χ1v) is 4.16. The van der Waals surface area contributed by atoms with Crippen LogP contribution in [-0.4, -0.2) is 5.51 Å². The van der Waals surface area contributed by atoms with Gasteiger partial charge in [-0.15, -0.1) is 6.42 Å². The largest absolute Gasteiger partial charge is 0.446 e. The maximum absolute atomic E-state index is 12.0. The van der Waals surface area contributed by atoms with E-state index in [0.29, 0.717) is 0 Å². The van der Waals surface area contributed by atoms with Gasteiger partial charge in [0.05, 0.1) is 0 Å². The molecule has 68 valence electrons. The van der Waals surface area contributed by atoms with E-state index in [1.165, 1.54) is 18.2 Å². The first-order valence-electron chi connectivity index (χ1n) is 3.34. The molecule has 1 aromatic rings. The second-order valence-corrected chi connectivity index (χ2v) is 3.30. The van der Waals surface area contributed by atoms with Crippen molar-refractivity contribution in [3.63, 3.8) is 0 Å². The summed E-state index contributed by atoms with van der Waals surface area (Å²) in [5, 5.41) is 0. The first-order chi connectivity index (χ1) is 6.03. The van der Waals surface area contributed by atoms with Crippen LogP contribution in [0.3, 0.4) is 0 Å². The van der Waals surface area contributed by atoms with Crippen LogP contribution in [0.1, 0.15) is 5.56 Å². The van der Waals surface area contributed by atoms with E-state index < -0.39 is 5.51 Å². The monoisotopic (exact) mass is 202 g/mol. The minimum Gasteiger partial charge on any atom is -0.160 e. The van der Waals surface area contributed by atoms with Crippen LogP contribution < -0.4 is 0 Å². The van der Waals surface area contributed by atoms with E-state index >= 15 is 0 Å². The smallest absolute Gasteiger partial charge is 0.160 e. The zero-order chi connectivity index (χ0) is 9.90. The lowest BCUT2D eigenvalue weighted by atomic mass is 10.2. The molecule has 13 heavy (non-hydrogen) atoms. The van der Waals surface area contributed by atoms with Gasteiger partial charge < -0.3 is 0 Å². The Morgan fingerprint density at radius 3 is 2.38 bits per heavy atom. The molecule has 0 spiro atoms. The highest BCUT2D eigenvalue weighted by atomic mass is 32.2. The number of rotatable bonds is 1. The minimum absolute atomic E-state index is 0.0671. The SMILES string of the molecule is C#Cc1ccccc1SC(F)(F)F. The molecule has 0 amide bonds. The van der Waals surface area contributed by atoms with Crippen molar-refractivity contribution in [3.05, 3.63) is 29.8 Å². The Morgan fingerprint density at radius 1 is 1.23 bits per heavy atom. The molecule has 0 saturated carbocycles. The van der Waals surface area contributed by atoms with Gasteiger partial charge in [-0.3, -0.25) is 0 Å². The fourth-order valence-electron chi connectivity index (χ4n) is 0.800. The molecule has 0 radical (unpaired) electrons. The topological polar surface area (TPSA) is 0 Å². The van der Waals surface area contributed by atoms with Crippen LogP contribution in [0.25, 0.3) is 0 Å². The van der Waals surface area contributed by atoms with E-state index in [-0.39, 0.29) is 22.2 Å². The molecule has 1 aromatic carbocycles. The molecular weight excluding hydrogens is 197 g/mol. The number of hydrogen-bond donors (Lipinski definition) is 0. The molecule has 4 heteroatoms. The third kappa shape index (κ3) is 3.03. The normalized spacial score (nSPS) is 10.9. The summed E-state index contributed by atoms with van der Waals surface area (Å²) in [5.74, 6) is 2.20. The lowest BCUT2D eigenvalue weighted by Gasteiger charge is -2.06. The van der Waals surface area contributed by atoms with Crippen LogP contribution in [0.15, 0.2) is 29.2 Å². The highest BCUT2D eigenvalue weighted by molar-refractivity contribution is 8.00. The molecule has 0 unspecified atom stereocenters. The molecule has 0 heterocycles. The van der Waals surface area contributed by atoms with E-state index in [1.54, 1.807) is 6.07 Å². The van der Waals surface area contributed by atoms with Gasteiger partial charge in [-0.25, -0.2) is 0 Å². The van der Waals surface area contributed by atoms with Crippen molar-refractivity contribution in [1.82, 2.24) is 0 Å². The summed E-state index contributed by atoms with van der Waals surface area (Å²) in [4.78, 5) is 0.0671. The molecular formula is C9H5F3S. The molecule has 0 aliphatic carbocycles. The number of halogens is 3. The lowest BCUT2D eigenvalue weighted by Crippen LogP contribution is -1.99. The van der Waals surface area contributed by atoms with Gasteiger partial charge >= 0.3 is 5.51 Å². The third-order valence-corrected chi connectivity index (χ3v) is 2.08. The second kappa shape index (κ2) is 3.75. The highest BCUT2D eigenvalue weighted by Crippen LogP contribution is 2.38. The third-order valence-electron chi connectivity index (χ3n) is 1.27. The number of thioether (sulfide) groups is 1. The summed E-state index contributed by atoms with van der Waals surface area (Å²) in [6, 6.07) is 5.96. The molecule has 0 aliphatic rings. The number of benzene rings is 1. The van der Waals surface area contributed by atoms with Gasteiger partial charge in [0.1, 0.15) is 0 Å². The minimum atomic E-state index is -4.28. The van der Waals surface area contributed by atoms with Gasteiger partial charge in [-0.1, -0.05) is 18.1 Å². The van der Waals surface area contributed by atoms with Gasteiger partial charge in [0.15, 0.2) is 0 Å². The van der Waals surface area contributed by atoms with Crippen LogP contribution in [0.2, 0.25) is 0 Å². The van der Waals surface area contributed by atoms with Gasteiger partial charge in [0.2, 0.25) is 0 Å². The van der Waals surface area contributed by atoms with Crippen LogP contribution in [-0.2, 0) is 0 Å². The first kappa shape index (κ1) is 10.0. The van der Waals surface area contributed by atoms with Crippen molar-refractivity contribution < 1.29 is 13.2 Å². The number of hydrogen-bond acceptors (Lipinski definition) is 1. The Morgan fingerprint density at radius 2 is 1.85 bits per heavy atom. The molecule has 0 saturated heterocycles. The Kier molecular flexibility index (Phi) is 2.89. The molecule has 0 aromatic heterocycles. The molecule has 0 nitrogen and oxygen atoms in total. The highest BCUT2D eigenvalue weighted by Gasteiger charge is 2.29. The predicted molar refractivity (Wildman–Crippen MR) is 46.3 cm³/mol. The quantitative estimate of drug-likeness (QED) is 0.497. The van der Waals surface area contributed by atoms with Crippen molar-refractivity contribution in [2.24, 2.45) is 0 Å². The standard InChI is InChI=1S/C9H5F3S/c1-2-7-5-3-4-6-8(7)13-9(10,11)12/h1,3-6H. The zero-order valence-electron chi connectivity index (χ0n) is 6.43. The van der Waals surface area contributed by atoms with E-state index in [0.717, 1.165) is 0 Å². The van der Waals surface area contributed by atoms with E-state index in [2.05, 4.69) is 5.92 Å². The maximum Gasteiger partial charge on any atom is 0.446 e. The van der Waals surface area contributed by atoms with Crippen molar-refractivity contribution in [2.45, 2.75) is 10.4 Å². The molecule has 0 aliphatic heterocycles. The van der Waals surface area contributed by atoms with E-state index in [9.17, 15) is 13.2 Å². The van der Waals surface area contributed by atoms with Crippen LogP contribution in [0.4, 0.5) is 13.2 Å². The van der Waals surface area contributed by atoms with Crippen molar-refractivity contribution in [2.75, 3.05) is 0 Å². The molecule has 0 N–H and O–H groups in total. The molecule has 1 rings (SSSR count). The van der Waals surface area contributed by atoms with Gasteiger partial charge in [0, 0.05) is 10.5 Å². The summed E-state index contributed by atoms with van der Waals surface area (Å²) in [7, 11) is 0. The summed E-state index contributed by atoms with van der Waals surface area (Å²) < 4.78 is 35.9. The summed E-state index contributed by atoms with van der Waals surface area (Å²) in [6.45, 7) is 0. The zero-order valence-corrected chi connectivity index (χ0v) is 7.25. The summed E-state index contributed by atoms with van der Waals surface area (Å²) in [6.07, 6.45) is 5.04. The molecule has 0 fully saturated rings. The maximum atomic E-state index is 12.0. The van der Waals surface area contributed by atoms with Gasteiger partial charge in [-0.2, -0.15) is 13.2 Å². The molecule has 0 atom stereocenters.